The van der Waals surface area contributed by atoms with Crippen LogP contribution >= 0.6 is 0 Å². The molecule has 0 aliphatic carbocycles. The van der Waals surface area contributed by atoms with Crippen molar-refractivity contribution in [1.82, 2.24) is 10.2 Å². The molecule has 0 amide bonds. The van der Waals surface area contributed by atoms with Crippen molar-refractivity contribution >= 4 is 0 Å². The molecule has 1 N–H and O–H groups in total. The predicted octanol–water partition coefficient (Wildman–Crippen LogP) is 1.59. The Balaban J connectivity index is 4.03. The number of ether oxygens (including phenoxy) is 1. The molecule has 0 aromatic carbocycles. The average Bonchev–Trinajstić information content (AvgIpc) is 2.17. The van der Waals surface area contributed by atoms with Crippen LogP contribution in [0.1, 0.15) is 27.7 Å². The van der Waals surface area contributed by atoms with Gasteiger partial charge in [-0.05, 0) is 26.4 Å². The van der Waals surface area contributed by atoms with Crippen molar-refractivity contribution in [2.75, 3.05) is 33.9 Å². The third kappa shape index (κ3) is 6.13. The van der Waals surface area contributed by atoms with E-state index >= 15 is 0 Å². The Kier molecular flexibility index (Phi) is 8.02. The third-order valence-corrected chi connectivity index (χ3v) is 2.92. The van der Waals surface area contributed by atoms with E-state index in [0.29, 0.717) is 18.0 Å². The van der Waals surface area contributed by atoms with E-state index < -0.39 is 0 Å². The summed E-state index contributed by atoms with van der Waals surface area (Å²) in [4.78, 5) is 2.36. The fraction of sp³-hybridized carbons (Fsp3) is 1.00. The lowest BCUT2D eigenvalue weighted by Gasteiger charge is -2.31. The molecular formula is C12H28N2O. The maximum absolute atomic E-state index is 5.16. The smallest absolute Gasteiger partial charge is 0.0615 e. The van der Waals surface area contributed by atoms with Crippen LogP contribution in [0.5, 0.6) is 0 Å². The minimum Gasteiger partial charge on any atom is -0.383 e. The zero-order chi connectivity index (χ0) is 11.8. The highest BCUT2D eigenvalue weighted by Gasteiger charge is 2.17. The van der Waals surface area contributed by atoms with Gasteiger partial charge in [0.15, 0.2) is 0 Å². The maximum atomic E-state index is 5.16. The number of rotatable bonds is 8. The quantitative estimate of drug-likeness (QED) is 0.667. The highest BCUT2D eigenvalue weighted by Crippen LogP contribution is 2.05. The van der Waals surface area contributed by atoms with E-state index in [1.807, 2.05) is 0 Å². The number of likely N-dealkylation sites (N-methyl/N-ethyl adjacent to an activating group) is 2. The summed E-state index contributed by atoms with van der Waals surface area (Å²) in [6.45, 7) is 11.8. The Hall–Kier alpha value is -0.120. The molecule has 0 bridgehead atoms. The van der Waals surface area contributed by atoms with Gasteiger partial charge in [0.25, 0.3) is 0 Å². The molecule has 0 aliphatic rings. The summed E-state index contributed by atoms with van der Waals surface area (Å²) in [5.41, 5.74) is 0. The molecule has 0 rings (SSSR count). The third-order valence-electron chi connectivity index (χ3n) is 2.92. The van der Waals surface area contributed by atoms with Gasteiger partial charge in [-0.15, -0.1) is 0 Å². The van der Waals surface area contributed by atoms with Gasteiger partial charge in [-0.3, -0.25) is 4.90 Å². The van der Waals surface area contributed by atoms with Crippen molar-refractivity contribution < 1.29 is 4.74 Å². The van der Waals surface area contributed by atoms with Crippen molar-refractivity contribution in [3.63, 3.8) is 0 Å². The fourth-order valence-corrected chi connectivity index (χ4v) is 1.63. The van der Waals surface area contributed by atoms with Crippen LogP contribution in [-0.2, 0) is 4.74 Å². The minimum absolute atomic E-state index is 0.481. The number of nitrogens with zero attached hydrogens (tertiary/aromatic N) is 1. The van der Waals surface area contributed by atoms with Gasteiger partial charge in [-0.2, -0.15) is 0 Å². The summed E-state index contributed by atoms with van der Waals surface area (Å²) in [6.07, 6.45) is 0. The molecule has 0 aliphatic heterocycles. The van der Waals surface area contributed by atoms with Gasteiger partial charge in [0.1, 0.15) is 0 Å². The molecule has 92 valence electrons. The minimum atomic E-state index is 0.481. The van der Waals surface area contributed by atoms with Crippen LogP contribution in [0.4, 0.5) is 0 Å². The molecule has 0 radical (unpaired) electrons. The topological polar surface area (TPSA) is 24.5 Å². The monoisotopic (exact) mass is 216 g/mol. The number of hydrogen-bond acceptors (Lipinski definition) is 3. The van der Waals surface area contributed by atoms with E-state index in [1.54, 1.807) is 7.11 Å². The first-order chi connectivity index (χ1) is 7.02. The molecule has 0 aromatic rings. The van der Waals surface area contributed by atoms with Crippen LogP contribution < -0.4 is 5.32 Å². The van der Waals surface area contributed by atoms with Crippen molar-refractivity contribution in [1.29, 1.82) is 0 Å². The number of nitrogens with one attached hydrogen (secondary N) is 1. The molecule has 0 saturated carbocycles. The van der Waals surface area contributed by atoms with Crippen LogP contribution in [0, 0.1) is 5.92 Å². The van der Waals surface area contributed by atoms with Crippen molar-refractivity contribution in [2.24, 2.45) is 5.92 Å². The molecule has 15 heavy (non-hydrogen) atoms. The lowest BCUT2D eigenvalue weighted by molar-refractivity contribution is 0.105. The van der Waals surface area contributed by atoms with E-state index in [4.69, 9.17) is 4.74 Å². The summed E-state index contributed by atoms with van der Waals surface area (Å²) in [7, 11) is 3.92. The Morgan fingerprint density at radius 1 is 1.27 bits per heavy atom. The summed E-state index contributed by atoms with van der Waals surface area (Å²) in [5, 5.41) is 3.53. The standard InChI is InChI=1S/C12H28N2O/c1-7-13-12(10(2)3)8-14(5)11(4)9-15-6/h10-13H,7-9H2,1-6H3. The van der Waals surface area contributed by atoms with Crippen LogP contribution in [0.2, 0.25) is 0 Å². The van der Waals surface area contributed by atoms with Crippen molar-refractivity contribution in [3.05, 3.63) is 0 Å². The van der Waals surface area contributed by atoms with Crippen LogP contribution in [0.3, 0.4) is 0 Å². The molecule has 0 aromatic heterocycles. The zero-order valence-corrected chi connectivity index (χ0v) is 11.2. The fourth-order valence-electron chi connectivity index (χ4n) is 1.63. The maximum Gasteiger partial charge on any atom is 0.0615 e. The summed E-state index contributed by atoms with van der Waals surface area (Å²) < 4.78 is 5.16. The molecule has 3 heteroatoms. The van der Waals surface area contributed by atoms with Crippen molar-refractivity contribution in [3.8, 4) is 0 Å². The second-order valence-electron chi connectivity index (χ2n) is 4.65. The SMILES string of the molecule is CCNC(CN(C)C(C)COC)C(C)C. The Bertz CT molecular complexity index is 151. The van der Waals surface area contributed by atoms with Gasteiger partial charge in [0.2, 0.25) is 0 Å². The second-order valence-corrected chi connectivity index (χ2v) is 4.65. The first-order valence-corrected chi connectivity index (χ1v) is 5.95. The lowest BCUT2D eigenvalue weighted by Crippen LogP contribution is -2.46. The van der Waals surface area contributed by atoms with Gasteiger partial charge < -0.3 is 10.1 Å². The van der Waals surface area contributed by atoms with E-state index in [0.717, 1.165) is 19.7 Å². The second kappa shape index (κ2) is 8.08. The van der Waals surface area contributed by atoms with Crippen molar-refractivity contribution in [2.45, 2.75) is 39.8 Å². The molecular weight excluding hydrogens is 188 g/mol. The Morgan fingerprint density at radius 3 is 2.27 bits per heavy atom. The van der Waals surface area contributed by atoms with E-state index in [9.17, 15) is 0 Å². The number of hydrogen-bond donors (Lipinski definition) is 1. The summed E-state index contributed by atoms with van der Waals surface area (Å²) >= 11 is 0. The highest BCUT2D eigenvalue weighted by atomic mass is 16.5. The molecule has 3 nitrogen and oxygen atoms in total. The molecule has 0 fully saturated rings. The molecule has 0 spiro atoms. The molecule has 0 heterocycles. The lowest BCUT2D eigenvalue weighted by atomic mass is 10.0. The zero-order valence-electron chi connectivity index (χ0n) is 11.2. The van der Waals surface area contributed by atoms with E-state index in [-0.39, 0.29) is 0 Å². The summed E-state index contributed by atoms with van der Waals surface area (Å²) in [5.74, 6) is 0.669. The van der Waals surface area contributed by atoms with Gasteiger partial charge in [-0.1, -0.05) is 20.8 Å². The molecule has 2 unspecified atom stereocenters. The predicted molar refractivity (Wildman–Crippen MR) is 66.3 cm³/mol. The van der Waals surface area contributed by atoms with Gasteiger partial charge in [-0.25, -0.2) is 0 Å². The highest BCUT2D eigenvalue weighted by molar-refractivity contribution is 4.75. The van der Waals surface area contributed by atoms with Gasteiger partial charge >= 0.3 is 0 Å². The Labute approximate surface area is 95.2 Å². The first-order valence-electron chi connectivity index (χ1n) is 5.95. The van der Waals surface area contributed by atoms with E-state index in [2.05, 4.69) is 45.0 Å². The largest absolute Gasteiger partial charge is 0.383 e. The average molecular weight is 216 g/mol. The molecule has 0 saturated heterocycles. The van der Waals surface area contributed by atoms with Gasteiger partial charge in [0.05, 0.1) is 6.61 Å². The van der Waals surface area contributed by atoms with Crippen LogP contribution in [0.15, 0.2) is 0 Å². The molecule has 2 atom stereocenters. The summed E-state index contributed by atoms with van der Waals surface area (Å²) in [6, 6.07) is 1.05. The normalized spacial score (nSPS) is 16.0. The van der Waals surface area contributed by atoms with Crippen LogP contribution in [-0.4, -0.2) is 50.8 Å². The first kappa shape index (κ1) is 14.9. The Morgan fingerprint density at radius 2 is 1.87 bits per heavy atom. The number of methoxy groups -OCH3 is 1. The van der Waals surface area contributed by atoms with Crippen LogP contribution in [0.25, 0.3) is 0 Å². The van der Waals surface area contributed by atoms with Gasteiger partial charge in [0, 0.05) is 25.7 Å². The van der Waals surface area contributed by atoms with E-state index in [1.165, 1.54) is 0 Å².